The normalized spacial score (nSPS) is 15.1. The first kappa shape index (κ1) is 23.2. The molecule has 1 saturated heterocycles. The van der Waals surface area contributed by atoms with Gasteiger partial charge in [0.25, 0.3) is 0 Å². The van der Waals surface area contributed by atoms with Gasteiger partial charge in [-0.3, -0.25) is 14.4 Å². The number of anilines is 2. The second-order valence-electron chi connectivity index (χ2n) is 7.38. The van der Waals surface area contributed by atoms with Crippen molar-refractivity contribution in [2.24, 2.45) is 0 Å². The monoisotopic (exact) mass is 440 g/mol. The minimum absolute atomic E-state index is 0.0133. The molecule has 0 saturated carbocycles. The summed E-state index contributed by atoms with van der Waals surface area (Å²) in [6, 6.07) is 12.0. The van der Waals surface area contributed by atoms with Gasteiger partial charge in [-0.25, -0.2) is 4.98 Å². The molecule has 2 aromatic rings. The van der Waals surface area contributed by atoms with Crippen LogP contribution in [0.1, 0.15) is 25.7 Å². The van der Waals surface area contributed by atoms with E-state index in [0.29, 0.717) is 30.4 Å². The number of nitrogens with zero attached hydrogens (tertiary/aromatic N) is 2. The molecule has 1 aliphatic rings. The topological polar surface area (TPSA) is 110 Å². The van der Waals surface area contributed by atoms with E-state index in [-0.39, 0.29) is 43.2 Å². The summed E-state index contributed by atoms with van der Waals surface area (Å²) in [5.74, 6) is 0.111. The maximum absolute atomic E-state index is 12.9. The van der Waals surface area contributed by atoms with Gasteiger partial charge in [0, 0.05) is 37.9 Å². The number of hydrogen-bond donors (Lipinski definition) is 2. The summed E-state index contributed by atoms with van der Waals surface area (Å²) in [4.78, 5) is 43.1. The maximum Gasteiger partial charge on any atom is 0.240 e. The molecule has 9 heteroatoms. The molecule has 0 bridgehead atoms. The van der Waals surface area contributed by atoms with E-state index >= 15 is 0 Å². The van der Waals surface area contributed by atoms with Crippen LogP contribution < -0.4 is 20.3 Å². The van der Waals surface area contributed by atoms with Crippen molar-refractivity contribution in [1.29, 1.82) is 0 Å². The Morgan fingerprint density at radius 2 is 1.94 bits per heavy atom. The van der Waals surface area contributed by atoms with Crippen LogP contribution in [-0.4, -0.2) is 55.6 Å². The number of pyridine rings is 1. The number of benzene rings is 1. The van der Waals surface area contributed by atoms with Crippen LogP contribution >= 0.6 is 0 Å². The van der Waals surface area contributed by atoms with Gasteiger partial charge < -0.3 is 25.0 Å². The van der Waals surface area contributed by atoms with Gasteiger partial charge in [0.2, 0.25) is 17.7 Å². The molecule has 170 valence electrons. The molecule has 1 fully saturated rings. The van der Waals surface area contributed by atoms with Crippen molar-refractivity contribution < 1.29 is 23.9 Å². The lowest BCUT2D eigenvalue weighted by Crippen LogP contribution is -2.43. The van der Waals surface area contributed by atoms with E-state index < -0.39 is 0 Å². The summed E-state index contributed by atoms with van der Waals surface area (Å²) in [5.41, 5.74) is 0.549. The molecule has 1 atom stereocenters. The second kappa shape index (κ2) is 11.8. The highest BCUT2D eigenvalue weighted by Gasteiger charge is 2.22. The standard InChI is InChI=1S/C23H28N4O5/c1-31-18-9-7-17(8-10-18)27(16-22(29)25-15-19-5-4-14-32-19)23(30)12-11-21(28)26-20-6-2-3-13-24-20/h2-3,6-10,13,19H,4-5,11-12,14-16H2,1H3,(H,25,29)(H,24,26,28)/t19-/m1/s1. The highest BCUT2D eigenvalue weighted by atomic mass is 16.5. The molecule has 1 aromatic carbocycles. The lowest BCUT2D eigenvalue weighted by atomic mass is 10.2. The van der Waals surface area contributed by atoms with Gasteiger partial charge in [-0.1, -0.05) is 6.07 Å². The number of amides is 3. The number of carbonyl (C=O) groups is 3. The minimum Gasteiger partial charge on any atom is -0.497 e. The van der Waals surface area contributed by atoms with Gasteiger partial charge in [-0.2, -0.15) is 0 Å². The minimum atomic E-state index is -0.335. The Bertz CT molecular complexity index is 898. The molecule has 0 aliphatic carbocycles. The molecular formula is C23H28N4O5. The number of aromatic nitrogens is 1. The molecule has 0 spiro atoms. The Morgan fingerprint density at radius 1 is 1.12 bits per heavy atom. The van der Waals surface area contributed by atoms with Crippen LogP contribution in [0.2, 0.25) is 0 Å². The number of carbonyl (C=O) groups excluding carboxylic acids is 3. The summed E-state index contributed by atoms with van der Waals surface area (Å²) in [7, 11) is 1.55. The molecule has 0 radical (unpaired) electrons. The molecule has 2 heterocycles. The van der Waals surface area contributed by atoms with E-state index in [9.17, 15) is 14.4 Å². The highest BCUT2D eigenvalue weighted by molar-refractivity contribution is 6.01. The summed E-state index contributed by atoms with van der Waals surface area (Å²) in [5, 5.41) is 5.48. The molecule has 32 heavy (non-hydrogen) atoms. The van der Waals surface area contributed by atoms with Crippen LogP contribution in [0.25, 0.3) is 0 Å². The Labute approximate surface area is 187 Å². The number of hydrogen-bond acceptors (Lipinski definition) is 6. The zero-order chi connectivity index (χ0) is 22.8. The number of methoxy groups -OCH3 is 1. The fourth-order valence-corrected chi connectivity index (χ4v) is 3.32. The zero-order valence-corrected chi connectivity index (χ0v) is 18.1. The molecule has 0 unspecified atom stereocenters. The van der Waals surface area contributed by atoms with Gasteiger partial charge in [0.15, 0.2) is 0 Å². The number of rotatable bonds is 10. The van der Waals surface area contributed by atoms with E-state index in [0.717, 1.165) is 12.8 Å². The van der Waals surface area contributed by atoms with Crippen molar-refractivity contribution in [3.63, 3.8) is 0 Å². The van der Waals surface area contributed by atoms with E-state index in [1.54, 1.807) is 55.8 Å². The highest BCUT2D eigenvalue weighted by Crippen LogP contribution is 2.20. The Balaban J connectivity index is 1.60. The number of ether oxygens (including phenoxy) is 2. The first-order valence-electron chi connectivity index (χ1n) is 10.6. The van der Waals surface area contributed by atoms with Crippen LogP contribution in [0, 0.1) is 0 Å². The zero-order valence-electron chi connectivity index (χ0n) is 18.1. The van der Waals surface area contributed by atoms with Crippen molar-refractivity contribution in [3.8, 4) is 5.75 Å². The van der Waals surface area contributed by atoms with Crippen molar-refractivity contribution >= 4 is 29.2 Å². The van der Waals surface area contributed by atoms with Crippen molar-refractivity contribution in [2.45, 2.75) is 31.8 Å². The van der Waals surface area contributed by atoms with Crippen LogP contribution in [0.4, 0.5) is 11.5 Å². The lowest BCUT2D eigenvalue weighted by Gasteiger charge is -2.23. The van der Waals surface area contributed by atoms with Gasteiger partial charge in [-0.15, -0.1) is 0 Å². The second-order valence-corrected chi connectivity index (χ2v) is 7.38. The van der Waals surface area contributed by atoms with Gasteiger partial charge in [-0.05, 0) is 49.2 Å². The van der Waals surface area contributed by atoms with Gasteiger partial charge in [0.05, 0.1) is 13.2 Å². The average Bonchev–Trinajstić information content (AvgIpc) is 3.34. The first-order valence-corrected chi connectivity index (χ1v) is 10.6. The Kier molecular flexibility index (Phi) is 8.56. The van der Waals surface area contributed by atoms with Crippen LogP contribution in [-0.2, 0) is 19.1 Å². The largest absolute Gasteiger partial charge is 0.497 e. The maximum atomic E-state index is 12.9. The predicted molar refractivity (Wildman–Crippen MR) is 119 cm³/mol. The van der Waals surface area contributed by atoms with Gasteiger partial charge in [0.1, 0.15) is 18.1 Å². The molecule has 3 rings (SSSR count). The van der Waals surface area contributed by atoms with Gasteiger partial charge >= 0.3 is 0 Å². The van der Waals surface area contributed by atoms with Crippen molar-refractivity contribution in [1.82, 2.24) is 10.3 Å². The number of nitrogens with one attached hydrogen (secondary N) is 2. The van der Waals surface area contributed by atoms with Crippen LogP contribution in [0.5, 0.6) is 5.75 Å². The quantitative estimate of drug-likeness (QED) is 0.586. The summed E-state index contributed by atoms with van der Waals surface area (Å²) in [6.45, 7) is 0.966. The molecule has 3 amide bonds. The SMILES string of the molecule is COc1ccc(N(CC(=O)NC[C@H]2CCCO2)C(=O)CCC(=O)Nc2ccccn2)cc1. The molecule has 1 aliphatic heterocycles. The van der Waals surface area contributed by atoms with Crippen LogP contribution in [0.3, 0.4) is 0 Å². The van der Waals surface area contributed by atoms with E-state index in [1.807, 2.05) is 0 Å². The van der Waals surface area contributed by atoms with Crippen molar-refractivity contribution in [3.05, 3.63) is 48.7 Å². The predicted octanol–water partition coefficient (Wildman–Crippen LogP) is 2.14. The molecular weight excluding hydrogens is 412 g/mol. The van der Waals surface area contributed by atoms with E-state index in [2.05, 4.69) is 15.6 Å². The fourth-order valence-electron chi connectivity index (χ4n) is 3.32. The summed E-state index contributed by atoms with van der Waals surface area (Å²) >= 11 is 0. The Morgan fingerprint density at radius 3 is 2.59 bits per heavy atom. The molecule has 2 N–H and O–H groups in total. The fraction of sp³-hybridized carbons (Fsp3) is 0.391. The van der Waals surface area contributed by atoms with E-state index in [4.69, 9.17) is 9.47 Å². The molecule has 1 aromatic heterocycles. The lowest BCUT2D eigenvalue weighted by molar-refractivity contribution is -0.125. The van der Waals surface area contributed by atoms with Crippen LogP contribution in [0.15, 0.2) is 48.7 Å². The average molecular weight is 441 g/mol. The summed E-state index contributed by atoms with van der Waals surface area (Å²) in [6.07, 6.45) is 3.40. The van der Waals surface area contributed by atoms with Crippen molar-refractivity contribution in [2.75, 3.05) is 37.0 Å². The Hall–Kier alpha value is -3.46. The molecule has 9 nitrogen and oxygen atoms in total. The first-order chi connectivity index (χ1) is 15.5. The third kappa shape index (κ3) is 7.05. The smallest absolute Gasteiger partial charge is 0.240 e. The van der Waals surface area contributed by atoms with E-state index in [1.165, 1.54) is 4.90 Å². The third-order valence-electron chi connectivity index (χ3n) is 5.04. The summed E-state index contributed by atoms with van der Waals surface area (Å²) < 4.78 is 10.7. The third-order valence-corrected chi connectivity index (χ3v) is 5.04.